The van der Waals surface area contributed by atoms with Crippen molar-refractivity contribution in [2.45, 2.75) is 26.7 Å². The number of likely N-dealkylation sites (tertiary alicyclic amines) is 1. The van der Waals surface area contributed by atoms with Crippen LogP contribution in [0.3, 0.4) is 0 Å². The van der Waals surface area contributed by atoms with Crippen LogP contribution in [0.5, 0.6) is 0 Å². The van der Waals surface area contributed by atoms with E-state index in [9.17, 15) is 9.59 Å². The fourth-order valence-corrected chi connectivity index (χ4v) is 2.24. The lowest BCUT2D eigenvalue weighted by atomic mass is 10.1. The molecule has 1 heterocycles. The first-order valence-electron chi connectivity index (χ1n) is 5.73. The van der Waals surface area contributed by atoms with Crippen LogP contribution in [0.2, 0.25) is 0 Å². The molecule has 2 amide bonds. The van der Waals surface area contributed by atoms with E-state index in [0.29, 0.717) is 0 Å². The van der Waals surface area contributed by atoms with E-state index < -0.39 is 0 Å². The summed E-state index contributed by atoms with van der Waals surface area (Å²) < 4.78 is 0. The van der Waals surface area contributed by atoms with Gasteiger partial charge in [-0.25, -0.2) is 4.90 Å². The summed E-state index contributed by atoms with van der Waals surface area (Å²) in [5.74, 6) is -0.468. The van der Waals surface area contributed by atoms with Crippen molar-refractivity contribution in [3.63, 3.8) is 0 Å². The number of thiocarbonyl (C=S) groups is 1. The fraction of sp³-hybridized carbons (Fsp3) is 0.308. The quantitative estimate of drug-likeness (QED) is 0.622. The van der Waals surface area contributed by atoms with Gasteiger partial charge in [0.15, 0.2) is 5.11 Å². The van der Waals surface area contributed by atoms with Gasteiger partial charge in [0.1, 0.15) is 0 Å². The number of imide groups is 1. The maximum Gasteiger partial charge on any atom is 0.236 e. The number of carbonyl (C=O) groups excluding carboxylic acids is 2. The zero-order chi connectivity index (χ0) is 13.3. The summed E-state index contributed by atoms with van der Waals surface area (Å²) in [7, 11) is 0. The molecule has 2 rings (SSSR count). The van der Waals surface area contributed by atoms with Gasteiger partial charge in [-0.3, -0.25) is 9.59 Å². The number of nitrogens with zero attached hydrogens (tertiary/aromatic N) is 1. The van der Waals surface area contributed by atoms with Gasteiger partial charge in [0.25, 0.3) is 0 Å². The van der Waals surface area contributed by atoms with Gasteiger partial charge >= 0.3 is 0 Å². The number of hydrogen-bond acceptors (Lipinski definition) is 3. The summed E-state index contributed by atoms with van der Waals surface area (Å²) in [6.07, 6.45) is 0.487. The minimum atomic E-state index is -0.234. The van der Waals surface area contributed by atoms with E-state index in [4.69, 9.17) is 12.2 Å². The Balaban J connectivity index is 2.16. The number of amides is 2. The van der Waals surface area contributed by atoms with Crippen molar-refractivity contribution >= 4 is 34.8 Å². The van der Waals surface area contributed by atoms with Crippen LogP contribution < -0.4 is 5.32 Å². The van der Waals surface area contributed by atoms with Crippen molar-refractivity contribution in [3.05, 3.63) is 29.3 Å². The van der Waals surface area contributed by atoms with E-state index in [1.165, 1.54) is 0 Å². The molecule has 0 radical (unpaired) electrons. The van der Waals surface area contributed by atoms with Crippen molar-refractivity contribution in [3.8, 4) is 0 Å². The lowest BCUT2D eigenvalue weighted by molar-refractivity contribution is -0.133. The monoisotopic (exact) mass is 262 g/mol. The molecule has 5 heteroatoms. The normalized spacial score (nSPS) is 15.1. The van der Waals surface area contributed by atoms with Crippen LogP contribution in [0.15, 0.2) is 18.2 Å². The van der Waals surface area contributed by atoms with Gasteiger partial charge in [-0.1, -0.05) is 17.7 Å². The number of benzene rings is 1. The number of anilines is 1. The summed E-state index contributed by atoms with van der Waals surface area (Å²) in [5.41, 5.74) is 2.99. The molecule has 0 unspecified atom stereocenters. The maximum atomic E-state index is 11.5. The molecule has 0 saturated carbocycles. The van der Waals surface area contributed by atoms with Gasteiger partial charge in [0.05, 0.1) is 0 Å². The van der Waals surface area contributed by atoms with E-state index in [1.54, 1.807) is 0 Å². The average molecular weight is 262 g/mol. The third-order valence-corrected chi connectivity index (χ3v) is 3.16. The van der Waals surface area contributed by atoms with E-state index in [-0.39, 0.29) is 29.8 Å². The average Bonchev–Trinajstić information content (AvgIpc) is 2.62. The zero-order valence-corrected chi connectivity index (χ0v) is 11.1. The van der Waals surface area contributed by atoms with E-state index in [1.807, 2.05) is 32.0 Å². The number of aryl methyl sites for hydroxylation is 2. The topological polar surface area (TPSA) is 49.4 Å². The number of nitrogens with one attached hydrogen (secondary N) is 1. The Morgan fingerprint density at radius 1 is 1.22 bits per heavy atom. The zero-order valence-electron chi connectivity index (χ0n) is 10.3. The molecule has 1 aliphatic rings. The van der Waals surface area contributed by atoms with Crippen LogP contribution in [0, 0.1) is 13.8 Å². The molecular weight excluding hydrogens is 248 g/mol. The van der Waals surface area contributed by atoms with Crippen molar-refractivity contribution in [2.75, 3.05) is 5.32 Å². The Kier molecular flexibility index (Phi) is 3.43. The second kappa shape index (κ2) is 4.86. The molecular formula is C13H14N2O2S. The smallest absolute Gasteiger partial charge is 0.236 e. The molecule has 1 aromatic carbocycles. The SMILES string of the molecule is Cc1ccc(NC(=S)N2C(=O)CCC2=O)c(C)c1. The summed E-state index contributed by atoms with van der Waals surface area (Å²) in [6, 6.07) is 5.85. The second-order valence-electron chi connectivity index (χ2n) is 4.37. The molecule has 0 aromatic heterocycles. The number of rotatable bonds is 1. The van der Waals surface area contributed by atoms with Gasteiger partial charge < -0.3 is 5.32 Å². The summed E-state index contributed by atoms with van der Waals surface area (Å²) in [5, 5.41) is 3.12. The van der Waals surface area contributed by atoms with Crippen LogP contribution in [0.1, 0.15) is 24.0 Å². The summed E-state index contributed by atoms with van der Waals surface area (Å²) >= 11 is 5.12. The molecule has 0 spiro atoms. The molecule has 0 bridgehead atoms. The van der Waals surface area contributed by atoms with Gasteiger partial charge in [-0.15, -0.1) is 0 Å². The second-order valence-corrected chi connectivity index (χ2v) is 4.76. The van der Waals surface area contributed by atoms with Crippen LogP contribution in [0.4, 0.5) is 5.69 Å². The predicted molar refractivity (Wildman–Crippen MR) is 73.2 cm³/mol. The molecule has 1 aliphatic heterocycles. The third kappa shape index (κ3) is 2.41. The molecule has 94 valence electrons. The van der Waals surface area contributed by atoms with Gasteiger partial charge in [0.2, 0.25) is 11.8 Å². The first-order valence-corrected chi connectivity index (χ1v) is 6.14. The molecule has 18 heavy (non-hydrogen) atoms. The molecule has 1 N–H and O–H groups in total. The minimum Gasteiger partial charge on any atom is -0.332 e. The van der Waals surface area contributed by atoms with E-state index in [0.717, 1.165) is 21.7 Å². The third-order valence-electron chi connectivity index (χ3n) is 2.88. The Labute approximate surface area is 111 Å². The van der Waals surface area contributed by atoms with Gasteiger partial charge in [-0.2, -0.15) is 0 Å². The summed E-state index contributed by atoms with van der Waals surface area (Å²) in [6.45, 7) is 3.95. The highest BCUT2D eigenvalue weighted by atomic mass is 32.1. The number of carbonyl (C=O) groups is 2. The van der Waals surface area contributed by atoms with Crippen LogP contribution in [-0.4, -0.2) is 21.8 Å². The van der Waals surface area contributed by atoms with Crippen LogP contribution in [-0.2, 0) is 9.59 Å². The number of hydrogen-bond donors (Lipinski definition) is 1. The first kappa shape index (κ1) is 12.7. The lowest BCUT2D eigenvalue weighted by Crippen LogP contribution is -2.38. The highest BCUT2D eigenvalue weighted by Crippen LogP contribution is 2.19. The standard InChI is InChI=1S/C13H14N2O2S/c1-8-3-4-10(9(2)7-8)14-13(18)15-11(16)5-6-12(15)17/h3-4,7H,5-6H2,1-2H3,(H,14,18). The van der Waals surface area contributed by atoms with Gasteiger partial charge in [0, 0.05) is 18.5 Å². The molecule has 1 saturated heterocycles. The van der Waals surface area contributed by atoms with Crippen LogP contribution >= 0.6 is 12.2 Å². The molecule has 0 atom stereocenters. The van der Waals surface area contributed by atoms with Crippen molar-refractivity contribution < 1.29 is 9.59 Å². The van der Waals surface area contributed by atoms with Crippen molar-refractivity contribution in [2.24, 2.45) is 0 Å². The molecule has 1 fully saturated rings. The highest BCUT2D eigenvalue weighted by Gasteiger charge is 2.32. The Hall–Kier alpha value is -1.75. The summed E-state index contributed by atoms with van der Waals surface area (Å²) in [4.78, 5) is 24.1. The minimum absolute atomic E-state index is 0.162. The fourth-order valence-electron chi connectivity index (χ4n) is 1.93. The maximum absolute atomic E-state index is 11.5. The Morgan fingerprint density at radius 2 is 1.83 bits per heavy atom. The van der Waals surface area contributed by atoms with E-state index >= 15 is 0 Å². The largest absolute Gasteiger partial charge is 0.332 e. The van der Waals surface area contributed by atoms with Gasteiger partial charge in [-0.05, 0) is 37.7 Å². The Morgan fingerprint density at radius 3 is 2.39 bits per heavy atom. The molecule has 1 aromatic rings. The van der Waals surface area contributed by atoms with Crippen LogP contribution in [0.25, 0.3) is 0 Å². The lowest BCUT2D eigenvalue weighted by Gasteiger charge is -2.17. The van der Waals surface area contributed by atoms with E-state index in [2.05, 4.69) is 5.32 Å². The van der Waals surface area contributed by atoms with Crippen molar-refractivity contribution in [1.82, 2.24) is 4.90 Å². The first-order chi connectivity index (χ1) is 8.49. The highest BCUT2D eigenvalue weighted by molar-refractivity contribution is 7.80. The Bertz CT molecular complexity index is 524. The molecule has 4 nitrogen and oxygen atoms in total. The predicted octanol–water partition coefficient (Wildman–Crippen LogP) is 2.15. The molecule has 0 aliphatic carbocycles. The van der Waals surface area contributed by atoms with Crippen molar-refractivity contribution in [1.29, 1.82) is 0 Å².